The SMILES string of the molecule is [2H]C1(c2ccc(-c3cc[n+](C)c(-c4ccccc4C)c3)cc2)CCCCC1. The molecule has 0 saturated heterocycles. The minimum absolute atomic E-state index is 0.383. The van der Waals surface area contributed by atoms with Gasteiger partial charge in [-0.05, 0) is 54.0 Å². The molecule has 0 atom stereocenters. The van der Waals surface area contributed by atoms with Crippen LogP contribution < -0.4 is 4.57 Å². The van der Waals surface area contributed by atoms with Crippen molar-refractivity contribution in [3.8, 4) is 22.4 Å². The Hall–Kier alpha value is -2.41. The van der Waals surface area contributed by atoms with E-state index in [1.54, 1.807) is 0 Å². The zero-order valence-corrected chi connectivity index (χ0v) is 15.8. The predicted octanol–water partition coefficient (Wildman–Crippen LogP) is 6.20. The largest absolute Gasteiger partial charge is 0.213 e. The highest BCUT2D eigenvalue weighted by molar-refractivity contribution is 5.70. The number of aromatic nitrogens is 1. The van der Waals surface area contributed by atoms with Gasteiger partial charge in [-0.3, -0.25) is 0 Å². The second kappa shape index (κ2) is 7.45. The average molecular weight is 344 g/mol. The van der Waals surface area contributed by atoms with Gasteiger partial charge in [0.2, 0.25) is 5.69 Å². The van der Waals surface area contributed by atoms with Crippen LogP contribution in [0.15, 0.2) is 66.9 Å². The van der Waals surface area contributed by atoms with E-state index in [4.69, 9.17) is 1.37 Å². The number of aryl methyl sites for hydroxylation is 2. The molecule has 0 N–H and O–H groups in total. The normalized spacial score (nSPS) is 16.9. The molecule has 1 fully saturated rings. The van der Waals surface area contributed by atoms with Gasteiger partial charge in [0.05, 0.1) is 0 Å². The molecule has 132 valence electrons. The standard InChI is InChI=1S/C25H28N/c1-19-8-6-7-11-24(19)25-18-23(16-17-26(25)2)22-14-12-21(13-15-22)20-9-4-3-5-10-20/h6-8,11-18,20H,3-5,9-10H2,1-2H3/q+1/i20D. The first-order valence-corrected chi connectivity index (χ1v) is 9.73. The molecule has 1 aliphatic rings. The van der Waals surface area contributed by atoms with Crippen molar-refractivity contribution in [1.82, 2.24) is 0 Å². The van der Waals surface area contributed by atoms with Crippen molar-refractivity contribution in [3.63, 3.8) is 0 Å². The lowest BCUT2D eigenvalue weighted by atomic mass is 9.84. The van der Waals surface area contributed by atoms with Gasteiger partial charge in [-0.1, -0.05) is 61.7 Å². The molecule has 0 spiro atoms. The smallest absolute Gasteiger partial charge is 0.201 e. The summed E-state index contributed by atoms with van der Waals surface area (Å²) in [6.07, 6.45) is 7.76. The van der Waals surface area contributed by atoms with Gasteiger partial charge < -0.3 is 0 Å². The summed E-state index contributed by atoms with van der Waals surface area (Å²) in [4.78, 5) is 0. The maximum atomic E-state index is 8.83. The first kappa shape index (κ1) is 15.8. The Morgan fingerprint density at radius 3 is 2.35 bits per heavy atom. The number of benzene rings is 2. The number of rotatable bonds is 3. The number of pyridine rings is 1. The van der Waals surface area contributed by atoms with Crippen LogP contribution in [0.1, 0.15) is 50.5 Å². The first-order chi connectivity index (χ1) is 13.1. The van der Waals surface area contributed by atoms with Gasteiger partial charge in [0.1, 0.15) is 7.05 Å². The quantitative estimate of drug-likeness (QED) is 0.498. The number of nitrogens with zero attached hydrogens (tertiary/aromatic N) is 1. The third-order valence-corrected chi connectivity index (χ3v) is 5.65. The first-order valence-electron chi connectivity index (χ1n) is 10.2. The summed E-state index contributed by atoms with van der Waals surface area (Å²) in [7, 11) is 2.10. The monoisotopic (exact) mass is 343 g/mol. The fourth-order valence-corrected chi connectivity index (χ4v) is 4.04. The molecule has 0 amide bonds. The Bertz CT molecular complexity index is 937. The lowest BCUT2D eigenvalue weighted by Gasteiger charge is -2.22. The van der Waals surface area contributed by atoms with E-state index in [0.717, 1.165) is 12.8 Å². The summed E-state index contributed by atoms with van der Waals surface area (Å²) in [6.45, 7) is 2.16. The Kier molecular flexibility index (Phi) is 4.53. The van der Waals surface area contributed by atoms with E-state index >= 15 is 0 Å². The van der Waals surface area contributed by atoms with E-state index < -0.39 is 0 Å². The number of hydrogen-bond acceptors (Lipinski definition) is 0. The lowest BCUT2D eigenvalue weighted by molar-refractivity contribution is -0.660. The Labute approximate surface area is 158 Å². The van der Waals surface area contributed by atoms with Crippen molar-refractivity contribution >= 4 is 0 Å². The third kappa shape index (κ3) is 3.44. The van der Waals surface area contributed by atoms with Gasteiger partial charge in [0.25, 0.3) is 0 Å². The van der Waals surface area contributed by atoms with Crippen LogP contribution in [-0.2, 0) is 7.05 Å². The van der Waals surface area contributed by atoms with Gasteiger partial charge in [-0.25, -0.2) is 4.57 Å². The van der Waals surface area contributed by atoms with Crippen molar-refractivity contribution in [3.05, 3.63) is 78.0 Å². The zero-order valence-electron chi connectivity index (χ0n) is 16.8. The molecule has 26 heavy (non-hydrogen) atoms. The second-order valence-electron chi connectivity index (χ2n) is 7.47. The summed E-state index contributed by atoms with van der Waals surface area (Å²) >= 11 is 0. The Balaban J connectivity index is 1.68. The topological polar surface area (TPSA) is 3.88 Å². The molecule has 3 aromatic rings. The van der Waals surface area contributed by atoms with E-state index in [2.05, 4.69) is 85.4 Å². The summed E-state index contributed by atoms with van der Waals surface area (Å²) in [5.74, 6) is -0.383. The molecule has 0 bridgehead atoms. The van der Waals surface area contributed by atoms with Gasteiger partial charge in [0.15, 0.2) is 6.20 Å². The Morgan fingerprint density at radius 1 is 0.885 bits per heavy atom. The second-order valence-corrected chi connectivity index (χ2v) is 7.47. The van der Waals surface area contributed by atoms with Crippen LogP contribution in [0.5, 0.6) is 0 Å². The van der Waals surface area contributed by atoms with Crippen molar-refractivity contribution in [2.45, 2.75) is 44.9 Å². The van der Waals surface area contributed by atoms with Gasteiger partial charge in [-0.2, -0.15) is 0 Å². The third-order valence-electron chi connectivity index (χ3n) is 5.65. The van der Waals surface area contributed by atoms with E-state index in [1.165, 1.54) is 52.8 Å². The van der Waals surface area contributed by atoms with Gasteiger partial charge >= 0.3 is 0 Å². The molecular weight excluding hydrogens is 314 g/mol. The molecule has 2 aromatic carbocycles. The van der Waals surface area contributed by atoms with Crippen LogP contribution in [0.3, 0.4) is 0 Å². The van der Waals surface area contributed by atoms with E-state index in [-0.39, 0.29) is 5.89 Å². The maximum absolute atomic E-state index is 8.83. The summed E-state index contributed by atoms with van der Waals surface area (Å²) in [6, 6.07) is 21.7. The fourth-order valence-electron chi connectivity index (χ4n) is 4.04. The highest BCUT2D eigenvalue weighted by Gasteiger charge is 2.16. The minimum Gasteiger partial charge on any atom is -0.201 e. The van der Waals surface area contributed by atoms with Crippen LogP contribution >= 0.6 is 0 Å². The molecule has 4 rings (SSSR count). The van der Waals surface area contributed by atoms with Crippen LogP contribution in [0, 0.1) is 6.92 Å². The molecular formula is C25H28N+. The fraction of sp³-hybridized carbons (Fsp3) is 0.320. The average Bonchev–Trinajstić information content (AvgIpc) is 2.70. The van der Waals surface area contributed by atoms with Crippen molar-refractivity contribution in [2.24, 2.45) is 7.05 Å². The minimum atomic E-state index is -0.383. The zero-order chi connectivity index (χ0) is 18.9. The molecule has 1 nitrogen and oxygen atoms in total. The molecule has 0 unspecified atom stereocenters. The Morgan fingerprint density at radius 2 is 1.62 bits per heavy atom. The van der Waals surface area contributed by atoms with Crippen molar-refractivity contribution in [1.29, 1.82) is 0 Å². The summed E-state index contributed by atoms with van der Waals surface area (Å²) < 4.78 is 11.0. The lowest BCUT2D eigenvalue weighted by Crippen LogP contribution is -2.30. The van der Waals surface area contributed by atoms with E-state index in [1.807, 2.05) is 0 Å². The van der Waals surface area contributed by atoms with E-state index in [0.29, 0.717) is 0 Å². The number of hydrogen-bond donors (Lipinski definition) is 0. The van der Waals surface area contributed by atoms with E-state index in [9.17, 15) is 0 Å². The maximum Gasteiger partial charge on any atom is 0.213 e. The molecule has 1 saturated carbocycles. The summed E-state index contributed by atoms with van der Waals surface area (Å²) in [5.41, 5.74) is 7.39. The highest BCUT2D eigenvalue weighted by atomic mass is 14.9. The molecule has 1 heterocycles. The van der Waals surface area contributed by atoms with Crippen molar-refractivity contribution < 1.29 is 5.94 Å². The van der Waals surface area contributed by atoms with Gasteiger partial charge in [0, 0.05) is 19.1 Å². The molecule has 0 aliphatic heterocycles. The van der Waals surface area contributed by atoms with Crippen LogP contribution in [0.4, 0.5) is 0 Å². The van der Waals surface area contributed by atoms with Crippen molar-refractivity contribution in [2.75, 3.05) is 0 Å². The molecule has 1 aromatic heterocycles. The summed E-state index contributed by atoms with van der Waals surface area (Å²) in [5, 5.41) is 0. The van der Waals surface area contributed by atoms with Crippen LogP contribution in [0.25, 0.3) is 22.4 Å². The molecule has 0 radical (unpaired) electrons. The highest BCUT2D eigenvalue weighted by Crippen LogP contribution is 2.34. The molecule has 1 aliphatic carbocycles. The molecule has 1 heteroatoms. The van der Waals surface area contributed by atoms with Crippen LogP contribution in [-0.4, -0.2) is 0 Å². The van der Waals surface area contributed by atoms with Crippen LogP contribution in [0.2, 0.25) is 0 Å². The van der Waals surface area contributed by atoms with Gasteiger partial charge in [-0.15, -0.1) is 0 Å². The predicted molar refractivity (Wildman–Crippen MR) is 109 cm³/mol.